The number of guanidine groups is 1. The molecule has 1 aromatic heterocycles. The second-order valence-corrected chi connectivity index (χ2v) is 7.81. The average molecular weight is 407 g/mol. The molecule has 1 saturated heterocycles. The Hall–Kier alpha value is -2.99. The smallest absolute Gasteiger partial charge is 0.191 e. The quantitative estimate of drug-likeness (QED) is 0.413. The number of aryl methyl sites for hydroxylation is 1. The zero-order chi connectivity index (χ0) is 20.8. The number of aromatic amines is 1. The van der Waals surface area contributed by atoms with Crippen molar-refractivity contribution in [3.8, 4) is 5.75 Å². The summed E-state index contributed by atoms with van der Waals surface area (Å²) in [7, 11) is 1.78. The number of fused-ring (bicyclic) bond motifs is 1. The van der Waals surface area contributed by atoms with Crippen molar-refractivity contribution in [3.05, 3.63) is 65.4 Å². The van der Waals surface area contributed by atoms with Crippen LogP contribution in [-0.4, -0.2) is 37.8 Å². The second kappa shape index (κ2) is 9.67. The van der Waals surface area contributed by atoms with E-state index in [9.17, 15) is 0 Å². The van der Waals surface area contributed by atoms with E-state index in [2.05, 4.69) is 70.0 Å². The third-order valence-corrected chi connectivity index (χ3v) is 5.42. The van der Waals surface area contributed by atoms with E-state index in [1.807, 2.05) is 6.07 Å². The summed E-state index contributed by atoms with van der Waals surface area (Å²) in [6.45, 7) is 5.74. The van der Waals surface area contributed by atoms with Crippen LogP contribution in [0.4, 0.5) is 0 Å². The molecule has 1 unspecified atom stereocenters. The third-order valence-electron chi connectivity index (χ3n) is 5.42. The number of rotatable bonds is 7. The Labute approximate surface area is 177 Å². The molecule has 1 aliphatic rings. The highest BCUT2D eigenvalue weighted by molar-refractivity contribution is 5.81. The number of aromatic nitrogens is 1. The van der Waals surface area contributed by atoms with Crippen LogP contribution >= 0.6 is 0 Å². The van der Waals surface area contributed by atoms with Crippen molar-refractivity contribution in [3.63, 3.8) is 0 Å². The lowest BCUT2D eigenvalue weighted by Gasteiger charge is -2.17. The lowest BCUT2D eigenvalue weighted by molar-refractivity contribution is 0.166. The molecule has 3 aromatic rings. The van der Waals surface area contributed by atoms with Crippen LogP contribution in [-0.2, 0) is 17.8 Å². The second-order valence-electron chi connectivity index (χ2n) is 7.81. The maximum Gasteiger partial charge on any atom is 0.191 e. The maximum atomic E-state index is 6.15. The largest absolute Gasteiger partial charge is 0.493 e. The van der Waals surface area contributed by atoms with Crippen molar-refractivity contribution in [2.45, 2.75) is 26.4 Å². The van der Waals surface area contributed by atoms with Crippen molar-refractivity contribution < 1.29 is 9.47 Å². The highest BCUT2D eigenvalue weighted by atomic mass is 16.5. The highest BCUT2D eigenvalue weighted by Crippen LogP contribution is 2.22. The molecule has 1 fully saturated rings. The van der Waals surface area contributed by atoms with Crippen molar-refractivity contribution in [1.82, 2.24) is 15.6 Å². The predicted molar refractivity (Wildman–Crippen MR) is 121 cm³/mol. The van der Waals surface area contributed by atoms with Gasteiger partial charge in [0.15, 0.2) is 5.96 Å². The highest BCUT2D eigenvalue weighted by Gasteiger charge is 2.17. The Kier molecular flexibility index (Phi) is 6.54. The standard InChI is InChI=1S/C24H30N4O2/c1-17-7-8-20(23(11-17)30-16-18-9-10-29-15-18)13-26-24(25-2)27-14-21-12-19-5-3-4-6-22(19)28-21/h3-8,11-12,18,28H,9-10,13-16H2,1-2H3,(H2,25,26,27). The number of benzene rings is 2. The summed E-state index contributed by atoms with van der Waals surface area (Å²) in [4.78, 5) is 7.78. The molecule has 30 heavy (non-hydrogen) atoms. The summed E-state index contributed by atoms with van der Waals surface area (Å²) in [6.07, 6.45) is 1.07. The number of para-hydroxylation sites is 1. The van der Waals surface area contributed by atoms with E-state index in [0.29, 0.717) is 25.6 Å². The van der Waals surface area contributed by atoms with Crippen LogP contribution < -0.4 is 15.4 Å². The first-order chi connectivity index (χ1) is 14.7. The Morgan fingerprint density at radius 3 is 2.83 bits per heavy atom. The predicted octanol–water partition coefficient (Wildman–Crippen LogP) is 3.76. The summed E-state index contributed by atoms with van der Waals surface area (Å²) in [5.41, 5.74) is 4.58. The molecule has 6 heteroatoms. The van der Waals surface area contributed by atoms with E-state index in [0.717, 1.165) is 48.1 Å². The first-order valence-corrected chi connectivity index (χ1v) is 10.5. The zero-order valence-corrected chi connectivity index (χ0v) is 17.7. The fourth-order valence-corrected chi connectivity index (χ4v) is 3.67. The van der Waals surface area contributed by atoms with Gasteiger partial charge in [-0.3, -0.25) is 4.99 Å². The molecular weight excluding hydrogens is 376 g/mol. The molecule has 0 amide bonds. The van der Waals surface area contributed by atoms with Crippen LogP contribution in [0.2, 0.25) is 0 Å². The van der Waals surface area contributed by atoms with Gasteiger partial charge in [0.05, 0.1) is 19.8 Å². The van der Waals surface area contributed by atoms with Crippen molar-refractivity contribution in [1.29, 1.82) is 0 Å². The molecule has 0 saturated carbocycles. The summed E-state index contributed by atoms with van der Waals surface area (Å²) < 4.78 is 11.6. The van der Waals surface area contributed by atoms with Gasteiger partial charge in [-0.05, 0) is 42.5 Å². The van der Waals surface area contributed by atoms with Gasteiger partial charge in [-0.25, -0.2) is 0 Å². The van der Waals surface area contributed by atoms with Gasteiger partial charge in [0, 0.05) is 42.9 Å². The number of nitrogens with one attached hydrogen (secondary N) is 3. The number of H-pyrrole nitrogens is 1. The van der Waals surface area contributed by atoms with Crippen LogP contribution in [0.1, 0.15) is 23.2 Å². The van der Waals surface area contributed by atoms with Gasteiger partial charge in [0.25, 0.3) is 0 Å². The molecule has 2 aromatic carbocycles. The fourth-order valence-electron chi connectivity index (χ4n) is 3.67. The van der Waals surface area contributed by atoms with E-state index in [1.54, 1.807) is 7.05 Å². The number of aliphatic imine (C=N–C) groups is 1. The van der Waals surface area contributed by atoms with E-state index in [4.69, 9.17) is 9.47 Å². The Balaban J connectivity index is 1.33. The molecular formula is C24H30N4O2. The third kappa shape index (κ3) is 5.13. The molecule has 6 nitrogen and oxygen atoms in total. The van der Waals surface area contributed by atoms with Gasteiger partial charge in [-0.15, -0.1) is 0 Å². The zero-order valence-electron chi connectivity index (χ0n) is 17.7. The van der Waals surface area contributed by atoms with E-state index < -0.39 is 0 Å². The monoisotopic (exact) mass is 406 g/mol. The minimum Gasteiger partial charge on any atom is -0.493 e. The summed E-state index contributed by atoms with van der Waals surface area (Å²) in [6, 6.07) is 16.8. The van der Waals surface area contributed by atoms with Crippen molar-refractivity contribution in [2.75, 3.05) is 26.9 Å². The molecule has 1 aliphatic heterocycles. The lowest BCUT2D eigenvalue weighted by Crippen LogP contribution is -2.36. The molecule has 2 heterocycles. The number of hydrogen-bond acceptors (Lipinski definition) is 3. The van der Waals surface area contributed by atoms with Crippen molar-refractivity contribution in [2.24, 2.45) is 10.9 Å². The Morgan fingerprint density at radius 2 is 2.03 bits per heavy atom. The maximum absolute atomic E-state index is 6.15. The number of nitrogens with zero attached hydrogens (tertiary/aromatic N) is 1. The molecule has 158 valence electrons. The molecule has 0 aliphatic carbocycles. The molecule has 0 bridgehead atoms. The van der Waals surface area contributed by atoms with Gasteiger partial charge in [-0.2, -0.15) is 0 Å². The van der Waals surface area contributed by atoms with Crippen LogP contribution in [0.25, 0.3) is 10.9 Å². The Bertz CT molecular complexity index is 972. The first kappa shape index (κ1) is 20.3. The van der Waals surface area contributed by atoms with Gasteiger partial charge >= 0.3 is 0 Å². The molecule has 0 radical (unpaired) electrons. The summed E-state index contributed by atoms with van der Waals surface area (Å²) in [5.74, 6) is 2.17. The molecule has 0 spiro atoms. The minimum atomic E-state index is 0.483. The molecule has 3 N–H and O–H groups in total. The van der Waals surface area contributed by atoms with Crippen LogP contribution in [0, 0.1) is 12.8 Å². The molecule has 4 rings (SSSR count). The van der Waals surface area contributed by atoms with Crippen LogP contribution in [0.5, 0.6) is 5.75 Å². The van der Waals surface area contributed by atoms with Gasteiger partial charge in [-0.1, -0.05) is 30.3 Å². The topological polar surface area (TPSA) is 70.7 Å². The van der Waals surface area contributed by atoms with E-state index in [1.165, 1.54) is 10.9 Å². The average Bonchev–Trinajstić information content (AvgIpc) is 3.42. The fraction of sp³-hybridized carbons (Fsp3) is 0.375. The summed E-state index contributed by atoms with van der Waals surface area (Å²) in [5, 5.41) is 7.99. The normalized spacial score (nSPS) is 16.7. The van der Waals surface area contributed by atoms with Crippen LogP contribution in [0.15, 0.2) is 53.5 Å². The molecule has 1 atom stereocenters. The van der Waals surface area contributed by atoms with Crippen molar-refractivity contribution >= 4 is 16.9 Å². The Morgan fingerprint density at radius 1 is 1.17 bits per heavy atom. The summed E-state index contributed by atoms with van der Waals surface area (Å²) >= 11 is 0. The SMILES string of the molecule is CN=C(NCc1cc2ccccc2[nH]1)NCc1ccc(C)cc1OCC1CCOC1. The number of ether oxygens (including phenoxy) is 2. The minimum absolute atomic E-state index is 0.483. The van der Waals surface area contributed by atoms with E-state index in [-0.39, 0.29) is 0 Å². The van der Waals surface area contributed by atoms with Crippen LogP contribution in [0.3, 0.4) is 0 Å². The van der Waals surface area contributed by atoms with Gasteiger partial charge < -0.3 is 25.1 Å². The van der Waals surface area contributed by atoms with E-state index >= 15 is 0 Å². The lowest BCUT2D eigenvalue weighted by atomic mass is 10.1. The first-order valence-electron chi connectivity index (χ1n) is 10.5. The van der Waals surface area contributed by atoms with Gasteiger partial charge in [0.1, 0.15) is 5.75 Å². The van der Waals surface area contributed by atoms with Gasteiger partial charge in [0.2, 0.25) is 0 Å². The number of hydrogen-bond donors (Lipinski definition) is 3.